The van der Waals surface area contributed by atoms with Crippen molar-refractivity contribution in [1.82, 2.24) is 9.78 Å². The Morgan fingerprint density at radius 2 is 2.31 bits per heavy atom. The van der Waals surface area contributed by atoms with Crippen LogP contribution in [0.5, 0.6) is 0 Å². The van der Waals surface area contributed by atoms with Crippen molar-refractivity contribution in [2.24, 2.45) is 0 Å². The number of hydrogen-bond donors (Lipinski definition) is 0. The Morgan fingerprint density at radius 3 is 2.85 bits per heavy atom. The Hall–Kier alpha value is -0.870. The number of aryl methyl sites for hydroxylation is 1. The van der Waals surface area contributed by atoms with Gasteiger partial charge in [-0.1, -0.05) is 11.6 Å². The smallest absolute Gasteiger partial charge is 0.268 e. The first-order valence-corrected chi connectivity index (χ1v) is 4.26. The normalized spacial score (nSPS) is 10.0. The van der Waals surface area contributed by atoms with E-state index in [1.807, 2.05) is 0 Å². The van der Waals surface area contributed by atoms with Crippen molar-refractivity contribution in [1.29, 1.82) is 0 Å². The lowest BCUT2D eigenvalue weighted by atomic mass is 10.4. The summed E-state index contributed by atoms with van der Waals surface area (Å²) in [7, 11) is 0. The predicted octanol–water partition coefficient (Wildman–Crippen LogP) is 1.05. The first kappa shape index (κ1) is 10.2. The molecular weight excluding hydrogens is 215 g/mol. The van der Waals surface area contributed by atoms with Crippen LogP contribution in [0.3, 0.4) is 0 Å². The number of carbonyl (C=O) groups is 1. The summed E-state index contributed by atoms with van der Waals surface area (Å²) >= 11 is 10.6. The maximum atomic E-state index is 11.1. The number of rotatable bonds is 3. The molecule has 70 valence electrons. The zero-order valence-electron chi connectivity index (χ0n) is 6.54. The van der Waals surface area contributed by atoms with Crippen LogP contribution in [0, 0.1) is 0 Å². The maximum Gasteiger partial charge on any atom is 0.268 e. The van der Waals surface area contributed by atoms with Gasteiger partial charge in [0.1, 0.15) is 0 Å². The van der Waals surface area contributed by atoms with Gasteiger partial charge in [0.05, 0.1) is 17.8 Å². The molecule has 1 rings (SSSR count). The number of halogens is 2. The lowest BCUT2D eigenvalue weighted by molar-refractivity contribution is -0.111. The molecule has 0 unspecified atom stereocenters. The van der Waals surface area contributed by atoms with Crippen LogP contribution in [-0.2, 0) is 11.3 Å². The molecule has 4 nitrogen and oxygen atoms in total. The molecule has 1 aromatic heterocycles. The first-order chi connectivity index (χ1) is 6.09. The van der Waals surface area contributed by atoms with E-state index in [0.29, 0.717) is 0 Å². The van der Waals surface area contributed by atoms with Gasteiger partial charge in [-0.3, -0.25) is 9.59 Å². The monoisotopic (exact) mass is 220 g/mol. The summed E-state index contributed by atoms with van der Waals surface area (Å²) in [5.41, 5.74) is -0.342. The van der Waals surface area contributed by atoms with Gasteiger partial charge in [-0.05, 0) is 11.6 Å². The van der Waals surface area contributed by atoms with Gasteiger partial charge in [-0.2, -0.15) is 5.10 Å². The fourth-order valence-electron chi connectivity index (χ4n) is 0.773. The average molecular weight is 221 g/mol. The van der Waals surface area contributed by atoms with E-state index in [9.17, 15) is 9.59 Å². The summed E-state index contributed by atoms with van der Waals surface area (Å²) in [6.45, 7) is 0.179. The standard InChI is InChI=1S/C7H6Cl2N2O2/c8-5-3-7(13)11(10-4-5)2-1-6(9)12/h3-4H,1-2H2. The van der Waals surface area contributed by atoms with Crippen LogP contribution in [-0.4, -0.2) is 15.0 Å². The average Bonchev–Trinajstić information content (AvgIpc) is 2.02. The summed E-state index contributed by atoms with van der Waals surface area (Å²) in [4.78, 5) is 21.5. The molecule has 0 aromatic carbocycles. The summed E-state index contributed by atoms with van der Waals surface area (Å²) in [5.74, 6) is 0. The number of carbonyl (C=O) groups excluding carboxylic acids is 1. The minimum atomic E-state index is -0.497. The van der Waals surface area contributed by atoms with E-state index >= 15 is 0 Å². The van der Waals surface area contributed by atoms with Crippen LogP contribution < -0.4 is 5.56 Å². The molecule has 0 bridgehead atoms. The van der Waals surface area contributed by atoms with E-state index in [-0.39, 0.29) is 23.5 Å². The van der Waals surface area contributed by atoms with E-state index < -0.39 is 5.24 Å². The lowest BCUT2D eigenvalue weighted by Crippen LogP contribution is -2.22. The predicted molar refractivity (Wildman–Crippen MR) is 49.0 cm³/mol. The molecule has 0 N–H and O–H groups in total. The second-order valence-electron chi connectivity index (χ2n) is 2.34. The molecular formula is C7H6Cl2N2O2. The number of nitrogens with zero attached hydrogens (tertiary/aromatic N) is 2. The molecule has 0 aliphatic carbocycles. The van der Waals surface area contributed by atoms with E-state index in [4.69, 9.17) is 23.2 Å². The zero-order chi connectivity index (χ0) is 9.84. The molecule has 0 aliphatic heterocycles. The van der Waals surface area contributed by atoms with Gasteiger partial charge in [0.15, 0.2) is 0 Å². The SMILES string of the molecule is O=C(Cl)CCn1ncc(Cl)cc1=O. The van der Waals surface area contributed by atoms with Crippen molar-refractivity contribution in [2.45, 2.75) is 13.0 Å². The second kappa shape index (κ2) is 4.39. The molecule has 13 heavy (non-hydrogen) atoms. The third-order valence-electron chi connectivity index (χ3n) is 1.36. The molecule has 6 heteroatoms. The molecule has 1 aromatic rings. The van der Waals surface area contributed by atoms with Crippen molar-refractivity contribution >= 4 is 28.4 Å². The summed E-state index contributed by atoms with van der Waals surface area (Å²) in [6, 6.07) is 1.23. The quantitative estimate of drug-likeness (QED) is 0.717. The van der Waals surface area contributed by atoms with Crippen molar-refractivity contribution in [3.8, 4) is 0 Å². The van der Waals surface area contributed by atoms with Crippen molar-refractivity contribution in [3.63, 3.8) is 0 Å². The van der Waals surface area contributed by atoms with Gasteiger partial charge < -0.3 is 0 Å². The highest BCUT2D eigenvalue weighted by Crippen LogP contribution is 1.99. The van der Waals surface area contributed by atoms with Gasteiger partial charge in [-0.15, -0.1) is 0 Å². The summed E-state index contributed by atoms with van der Waals surface area (Å²) in [5, 5.41) is 3.49. The molecule has 0 atom stereocenters. The molecule has 0 spiro atoms. The topological polar surface area (TPSA) is 52.0 Å². The Kier molecular flexibility index (Phi) is 3.45. The van der Waals surface area contributed by atoms with Crippen LogP contribution in [0.25, 0.3) is 0 Å². The van der Waals surface area contributed by atoms with E-state index in [1.165, 1.54) is 12.3 Å². The van der Waals surface area contributed by atoms with Crippen LogP contribution in [0.4, 0.5) is 0 Å². The number of aromatic nitrogens is 2. The third kappa shape index (κ3) is 3.16. The Morgan fingerprint density at radius 1 is 1.62 bits per heavy atom. The molecule has 0 aliphatic rings. The van der Waals surface area contributed by atoms with Gasteiger partial charge in [0, 0.05) is 12.5 Å². The maximum absolute atomic E-state index is 11.1. The third-order valence-corrected chi connectivity index (χ3v) is 1.75. The molecule has 0 saturated carbocycles. The van der Waals surface area contributed by atoms with Crippen molar-refractivity contribution in [3.05, 3.63) is 27.6 Å². The fraction of sp³-hybridized carbons (Fsp3) is 0.286. The van der Waals surface area contributed by atoms with Gasteiger partial charge >= 0.3 is 0 Å². The van der Waals surface area contributed by atoms with E-state index in [0.717, 1.165) is 4.68 Å². The molecule has 0 fully saturated rings. The van der Waals surface area contributed by atoms with Crippen molar-refractivity contribution < 1.29 is 4.79 Å². The Balaban J connectivity index is 2.78. The molecule has 0 saturated heterocycles. The second-order valence-corrected chi connectivity index (χ2v) is 3.20. The largest absolute Gasteiger partial charge is 0.281 e. The van der Waals surface area contributed by atoms with Crippen LogP contribution in [0.15, 0.2) is 17.1 Å². The van der Waals surface area contributed by atoms with Gasteiger partial charge in [0.2, 0.25) is 5.24 Å². The summed E-state index contributed by atoms with van der Waals surface area (Å²) in [6.07, 6.45) is 1.41. The highest BCUT2D eigenvalue weighted by atomic mass is 35.5. The van der Waals surface area contributed by atoms with Crippen molar-refractivity contribution in [2.75, 3.05) is 0 Å². The van der Waals surface area contributed by atoms with E-state index in [2.05, 4.69) is 5.10 Å². The Bertz CT molecular complexity index is 375. The molecule has 1 heterocycles. The van der Waals surface area contributed by atoms with Crippen LogP contribution in [0.2, 0.25) is 5.02 Å². The molecule has 0 radical (unpaired) electrons. The Labute approximate surface area is 84.1 Å². The van der Waals surface area contributed by atoms with Crippen LogP contribution in [0.1, 0.15) is 6.42 Å². The van der Waals surface area contributed by atoms with Gasteiger partial charge in [0.25, 0.3) is 5.56 Å². The fourth-order valence-corrected chi connectivity index (χ4v) is 0.995. The lowest BCUT2D eigenvalue weighted by Gasteiger charge is -2.00. The number of hydrogen-bond acceptors (Lipinski definition) is 3. The van der Waals surface area contributed by atoms with Gasteiger partial charge in [-0.25, -0.2) is 4.68 Å². The first-order valence-electron chi connectivity index (χ1n) is 3.50. The van der Waals surface area contributed by atoms with Crippen LogP contribution >= 0.6 is 23.2 Å². The summed E-state index contributed by atoms with van der Waals surface area (Å²) < 4.78 is 1.13. The highest BCUT2D eigenvalue weighted by molar-refractivity contribution is 6.63. The minimum absolute atomic E-state index is 0.0795. The zero-order valence-corrected chi connectivity index (χ0v) is 8.05. The minimum Gasteiger partial charge on any atom is -0.281 e. The highest BCUT2D eigenvalue weighted by Gasteiger charge is 2.01. The molecule has 0 amide bonds. The van der Waals surface area contributed by atoms with E-state index in [1.54, 1.807) is 0 Å².